The van der Waals surface area contributed by atoms with Crippen molar-refractivity contribution >= 4 is 5.91 Å². The van der Waals surface area contributed by atoms with Crippen LogP contribution in [0.1, 0.15) is 66.6 Å². The van der Waals surface area contributed by atoms with E-state index in [1.54, 1.807) is 5.48 Å². The molecule has 7 heteroatoms. The normalized spacial score (nSPS) is 13.1. The summed E-state index contributed by atoms with van der Waals surface area (Å²) in [4.78, 5) is 16.0. The van der Waals surface area contributed by atoms with Gasteiger partial charge in [0.2, 0.25) is 5.91 Å². The summed E-state index contributed by atoms with van der Waals surface area (Å²) in [5.41, 5.74) is 6.71. The van der Waals surface area contributed by atoms with Gasteiger partial charge in [-0.1, -0.05) is 25.5 Å². The van der Waals surface area contributed by atoms with Crippen LogP contribution in [0.2, 0.25) is 0 Å². The van der Waals surface area contributed by atoms with E-state index in [4.69, 9.17) is 5.21 Å². The molecule has 0 bridgehead atoms. The van der Waals surface area contributed by atoms with Crippen molar-refractivity contribution in [3.63, 3.8) is 0 Å². The van der Waals surface area contributed by atoms with Crippen molar-refractivity contribution in [2.24, 2.45) is 5.92 Å². The molecule has 2 atom stereocenters. The van der Waals surface area contributed by atoms with E-state index in [-0.39, 0.29) is 23.6 Å². The molecule has 1 aromatic heterocycles. The van der Waals surface area contributed by atoms with Crippen molar-refractivity contribution in [2.45, 2.75) is 65.8 Å². The minimum atomic E-state index is -0.691. The Hall–Kier alpha value is -2.38. The average Bonchev–Trinajstić information content (AvgIpc) is 2.73. The third-order valence-electron chi connectivity index (χ3n) is 5.89. The van der Waals surface area contributed by atoms with Crippen molar-refractivity contribution in [1.82, 2.24) is 15.8 Å². The lowest BCUT2D eigenvalue weighted by atomic mass is 9.90. The second-order valence-electron chi connectivity index (χ2n) is 8.16. The topological polar surface area (TPSA) is 74.2 Å². The molecule has 170 valence electrons. The number of benzene rings is 1. The molecule has 31 heavy (non-hydrogen) atoms. The van der Waals surface area contributed by atoms with Crippen LogP contribution < -0.4 is 10.8 Å². The maximum Gasteiger partial charge on any atom is 0.246 e. The highest BCUT2D eigenvalue weighted by Crippen LogP contribution is 2.22. The predicted octanol–water partition coefficient (Wildman–Crippen LogP) is 4.86. The number of nitrogens with zero attached hydrogens (tertiary/aromatic N) is 1. The van der Waals surface area contributed by atoms with Crippen molar-refractivity contribution in [1.29, 1.82) is 0 Å². The molecule has 2 aromatic rings. The Morgan fingerprint density at radius 2 is 1.81 bits per heavy atom. The summed E-state index contributed by atoms with van der Waals surface area (Å²) >= 11 is 0. The van der Waals surface area contributed by atoms with E-state index in [0.717, 1.165) is 30.7 Å². The largest absolute Gasteiger partial charge is 0.309 e. The Balaban J connectivity index is 1.89. The molecule has 0 saturated heterocycles. The number of pyridine rings is 1. The number of hydroxylamine groups is 1. The van der Waals surface area contributed by atoms with E-state index in [9.17, 15) is 13.6 Å². The van der Waals surface area contributed by atoms with Gasteiger partial charge < -0.3 is 5.32 Å². The zero-order chi connectivity index (χ0) is 23.0. The van der Waals surface area contributed by atoms with E-state index in [0.29, 0.717) is 25.8 Å². The zero-order valence-electron chi connectivity index (χ0n) is 18.8. The first-order valence-corrected chi connectivity index (χ1v) is 10.8. The number of amides is 1. The van der Waals surface area contributed by atoms with Crippen molar-refractivity contribution in [2.75, 3.05) is 6.54 Å². The fourth-order valence-corrected chi connectivity index (χ4v) is 3.85. The van der Waals surface area contributed by atoms with Gasteiger partial charge in [-0.3, -0.25) is 15.0 Å². The smallest absolute Gasteiger partial charge is 0.246 e. The van der Waals surface area contributed by atoms with E-state index in [2.05, 4.69) is 43.2 Å². The van der Waals surface area contributed by atoms with Gasteiger partial charge in [-0.05, 0) is 75.3 Å². The highest BCUT2D eigenvalue weighted by molar-refractivity contribution is 5.77. The van der Waals surface area contributed by atoms with E-state index in [1.165, 1.54) is 16.7 Å². The molecule has 2 rings (SSSR count). The van der Waals surface area contributed by atoms with E-state index >= 15 is 0 Å². The maximum absolute atomic E-state index is 14.0. The number of halogens is 2. The second kappa shape index (κ2) is 11.9. The van der Waals surface area contributed by atoms with Crippen molar-refractivity contribution < 1.29 is 18.8 Å². The molecule has 0 fully saturated rings. The van der Waals surface area contributed by atoms with Crippen molar-refractivity contribution in [3.05, 3.63) is 64.0 Å². The van der Waals surface area contributed by atoms with Crippen LogP contribution >= 0.6 is 0 Å². The van der Waals surface area contributed by atoms with Gasteiger partial charge in [-0.15, -0.1) is 0 Å². The van der Waals surface area contributed by atoms with Gasteiger partial charge in [0.25, 0.3) is 0 Å². The van der Waals surface area contributed by atoms with Gasteiger partial charge in [0.15, 0.2) is 0 Å². The number of aryl methyl sites for hydroxylation is 2. The molecule has 0 spiro atoms. The first-order chi connectivity index (χ1) is 14.8. The molecule has 3 N–H and O–H groups in total. The Labute approximate surface area is 183 Å². The first-order valence-electron chi connectivity index (χ1n) is 10.8. The summed E-state index contributed by atoms with van der Waals surface area (Å²) in [6.07, 6.45) is 4.38. The van der Waals surface area contributed by atoms with Crippen molar-refractivity contribution in [3.8, 4) is 0 Å². The summed E-state index contributed by atoms with van der Waals surface area (Å²) in [6, 6.07) is 4.74. The SMILES string of the molecule is CC[C@@H](NCCCC[C@@H](Cc1cc(C)c(C)c(C)c1)C(=O)NO)c1ncc(F)cc1F. The van der Waals surface area contributed by atoms with Gasteiger partial charge in [0.05, 0.1) is 17.9 Å². The van der Waals surface area contributed by atoms with Gasteiger partial charge in [0, 0.05) is 12.0 Å². The highest BCUT2D eigenvalue weighted by Gasteiger charge is 2.20. The summed E-state index contributed by atoms with van der Waals surface area (Å²) < 4.78 is 27.1. The average molecular weight is 434 g/mol. The molecule has 1 heterocycles. The molecule has 0 aliphatic heterocycles. The Morgan fingerprint density at radius 1 is 1.13 bits per heavy atom. The summed E-state index contributed by atoms with van der Waals surface area (Å²) in [7, 11) is 0. The molecule has 0 saturated carbocycles. The van der Waals surface area contributed by atoms with Gasteiger partial charge in [-0.2, -0.15) is 0 Å². The fourth-order valence-electron chi connectivity index (χ4n) is 3.85. The van der Waals surface area contributed by atoms with Crippen LogP contribution in [0.25, 0.3) is 0 Å². The number of carbonyl (C=O) groups excluding carboxylic acids is 1. The van der Waals surface area contributed by atoms with Gasteiger partial charge >= 0.3 is 0 Å². The van der Waals surface area contributed by atoms with Crippen LogP contribution in [0, 0.1) is 38.3 Å². The number of carbonyl (C=O) groups is 1. The van der Waals surface area contributed by atoms with E-state index in [1.807, 2.05) is 6.92 Å². The monoisotopic (exact) mass is 433 g/mol. The number of unbranched alkanes of at least 4 members (excludes halogenated alkanes) is 1. The molecule has 1 aromatic carbocycles. The molecule has 0 radical (unpaired) electrons. The number of rotatable bonds is 11. The second-order valence-corrected chi connectivity index (χ2v) is 8.16. The standard InChI is InChI=1S/C24H33F2N3O2/c1-5-22(23-21(26)13-20(25)14-28-23)27-9-7-6-8-19(24(30)29-31)12-18-10-15(2)17(4)16(3)11-18/h10-11,13-14,19,22,27,31H,5-9,12H2,1-4H3,(H,29,30)/t19-,22+/m0/s1. The number of nitrogens with one attached hydrogen (secondary N) is 2. The molecule has 0 aliphatic carbocycles. The van der Waals surface area contributed by atoms with Crippen LogP contribution in [0.3, 0.4) is 0 Å². The zero-order valence-corrected chi connectivity index (χ0v) is 18.8. The highest BCUT2D eigenvalue weighted by atomic mass is 19.1. The van der Waals surface area contributed by atoms with Gasteiger partial charge in [0.1, 0.15) is 11.6 Å². The number of hydrogen-bond acceptors (Lipinski definition) is 4. The Morgan fingerprint density at radius 3 is 2.39 bits per heavy atom. The fraction of sp³-hybridized carbons (Fsp3) is 0.500. The molecule has 0 aliphatic rings. The molecular weight excluding hydrogens is 400 g/mol. The molecule has 0 unspecified atom stereocenters. The Kier molecular flexibility index (Phi) is 9.52. The van der Waals surface area contributed by atoms with Crippen LogP contribution in [-0.2, 0) is 11.2 Å². The van der Waals surface area contributed by atoms with Crippen LogP contribution in [0.5, 0.6) is 0 Å². The van der Waals surface area contributed by atoms with Crippen LogP contribution in [0.15, 0.2) is 24.4 Å². The first kappa shape index (κ1) is 24.9. The quantitative estimate of drug-likeness (QED) is 0.269. The lowest BCUT2D eigenvalue weighted by Crippen LogP contribution is -2.30. The van der Waals surface area contributed by atoms with Crippen LogP contribution in [-0.4, -0.2) is 22.6 Å². The van der Waals surface area contributed by atoms with Crippen LogP contribution in [0.4, 0.5) is 8.78 Å². The lowest BCUT2D eigenvalue weighted by molar-refractivity contribution is -0.133. The third-order valence-corrected chi connectivity index (χ3v) is 5.89. The third kappa shape index (κ3) is 7.08. The number of hydrogen-bond donors (Lipinski definition) is 3. The minimum absolute atomic E-state index is 0.214. The predicted molar refractivity (Wildman–Crippen MR) is 117 cm³/mol. The van der Waals surface area contributed by atoms with Gasteiger partial charge in [-0.25, -0.2) is 14.3 Å². The lowest BCUT2D eigenvalue weighted by Gasteiger charge is -2.18. The molecule has 1 amide bonds. The van der Waals surface area contributed by atoms with E-state index < -0.39 is 11.6 Å². The maximum atomic E-state index is 14.0. The summed E-state index contributed by atoms with van der Waals surface area (Å²) in [5.74, 6) is -2.05. The minimum Gasteiger partial charge on any atom is -0.309 e. The summed E-state index contributed by atoms with van der Waals surface area (Å²) in [6.45, 7) is 8.72. The molecule has 5 nitrogen and oxygen atoms in total. The Bertz CT molecular complexity index is 866. The summed E-state index contributed by atoms with van der Waals surface area (Å²) in [5, 5.41) is 12.4. The number of aromatic nitrogens is 1. The molecular formula is C24H33F2N3O2.